The summed E-state index contributed by atoms with van der Waals surface area (Å²) in [6.07, 6.45) is 5.12. The zero-order chi connectivity index (χ0) is 20.5. The van der Waals surface area contributed by atoms with Gasteiger partial charge >= 0.3 is 0 Å². The van der Waals surface area contributed by atoms with Crippen LogP contribution in [0, 0.1) is 11.3 Å². The first-order valence-corrected chi connectivity index (χ1v) is 10.7. The molecule has 3 aromatic rings. The molecule has 1 unspecified atom stereocenters. The van der Waals surface area contributed by atoms with Crippen molar-refractivity contribution in [3.8, 4) is 17.4 Å². The van der Waals surface area contributed by atoms with Gasteiger partial charge in [-0.05, 0) is 43.5 Å². The molecule has 0 spiro atoms. The molecule has 152 valence electrons. The third-order valence-corrected chi connectivity index (χ3v) is 6.36. The summed E-state index contributed by atoms with van der Waals surface area (Å²) >= 11 is 6.13. The molecule has 2 saturated heterocycles. The van der Waals surface area contributed by atoms with E-state index in [4.69, 9.17) is 16.1 Å². The molecule has 0 aliphatic carbocycles. The van der Waals surface area contributed by atoms with Gasteiger partial charge in [-0.25, -0.2) is 4.98 Å². The molecule has 7 heteroatoms. The highest BCUT2D eigenvalue weighted by atomic mass is 35.5. The molecule has 0 saturated carbocycles. The lowest BCUT2D eigenvalue weighted by atomic mass is 9.91. The number of hydrogen-bond acceptors (Lipinski definition) is 6. The monoisotopic (exact) mass is 419 g/mol. The van der Waals surface area contributed by atoms with Crippen molar-refractivity contribution in [2.75, 3.05) is 24.5 Å². The first-order chi connectivity index (χ1) is 14.7. The number of fused-ring (bicyclic) bond motifs is 1. The van der Waals surface area contributed by atoms with Gasteiger partial charge in [0.2, 0.25) is 0 Å². The van der Waals surface area contributed by atoms with Gasteiger partial charge < -0.3 is 9.42 Å². The van der Waals surface area contributed by atoms with E-state index in [1.807, 2.05) is 36.4 Å². The molecule has 2 aliphatic rings. The van der Waals surface area contributed by atoms with Crippen molar-refractivity contribution in [1.29, 1.82) is 5.26 Å². The highest BCUT2D eigenvalue weighted by Crippen LogP contribution is 2.38. The zero-order valence-electron chi connectivity index (χ0n) is 16.5. The van der Waals surface area contributed by atoms with Crippen LogP contribution in [-0.2, 0) is 0 Å². The van der Waals surface area contributed by atoms with Gasteiger partial charge in [-0.3, -0.25) is 4.90 Å². The van der Waals surface area contributed by atoms with E-state index in [0.29, 0.717) is 16.6 Å². The Morgan fingerprint density at radius 1 is 1.13 bits per heavy atom. The number of piperazine rings is 1. The molecule has 0 amide bonds. The molecule has 1 aromatic carbocycles. The number of nitrogens with zero attached hydrogens (tertiary/aromatic N) is 5. The van der Waals surface area contributed by atoms with E-state index in [1.54, 1.807) is 6.20 Å². The van der Waals surface area contributed by atoms with Crippen molar-refractivity contribution < 1.29 is 4.52 Å². The predicted molar refractivity (Wildman–Crippen MR) is 115 cm³/mol. The van der Waals surface area contributed by atoms with Gasteiger partial charge in [0.25, 0.3) is 0 Å². The van der Waals surface area contributed by atoms with Gasteiger partial charge in [0, 0.05) is 48.5 Å². The number of aromatic nitrogens is 2. The molecule has 0 bridgehead atoms. The number of nitriles is 1. The summed E-state index contributed by atoms with van der Waals surface area (Å²) in [7, 11) is 0. The molecule has 0 radical (unpaired) electrons. The number of rotatable bonds is 3. The summed E-state index contributed by atoms with van der Waals surface area (Å²) in [4.78, 5) is 9.28. The van der Waals surface area contributed by atoms with Gasteiger partial charge in [-0.15, -0.1) is 0 Å². The van der Waals surface area contributed by atoms with Crippen LogP contribution >= 0.6 is 11.6 Å². The van der Waals surface area contributed by atoms with Crippen LogP contribution in [0.5, 0.6) is 0 Å². The van der Waals surface area contributed by atoms with Crippen molar-refractivity contribution in [1.82, 2.24) is 15.0 Å². The Morgan fingerprint density at radius 2 is 2.07 bits per heavy atom. The molecule has 4 heterocycles. The SMILES string of the molecule is N#Cc1cccnc1N1CCN2C(CCC[C@@H]2c2cc(-c3cccc(Cl)c3)on2)C1. The lowest BCUT2D eigenvalue weighted by Crippen LogP contribution is -2.56. The zero-order valence-corrected chi connectivity index (χ0v) is 17.3. The topological polar surface area (TPSA) is 69.2 Å². The van der Waals surface area contributed by atoms with E-state index in [1.165, 1.54) is 0 Å². The van der Waals surface area contributed by atoms with Gasteiger partial charge in [0.05, 0.1) is 11.6 Å². The molecule has 2 aliphatic heterocycles. The van der Waals surface area contributed by atoms with Crippen LogP contribution in [0.2, 0.25) is 5.02 Å². The van der Waals surface area contributed by atoms with Crippen LogP contribution in [0.4, 0.5) is 5.82 Å². The van der Waals surface area contributed by atoms with Crippen molar-refractivity contribution in [3.05, 3.63) is 64.9 Å². The molecule has 30 heavy (non-hydrogen) atoms. The second kappa shape index (κ2) is 8.10. The summed E-state index contributed by atoms with van der Waals surface area (Å²) in [5.41, 5.74) is 2.57. The summed E-state index contributed by atoms with van der Waals surface area (Å²) in [5, 5.41) is 14.5. The van der Waals surface area contributed by atoms with E-state index in [9.17, 15) is 5.26 Å². The average molecular weight is 420 g/mol. The Hall–Kier alpha value is -2.88. The molecule has 5 rings (SSSR count). The van der Waals surface area contributed by atoms with Gasteiger partial charge in [0.1, 0.15) is 17.6 Å². The maximum atomic E-state index is 9.43. The highest BCUT2D eigenvalue weighted by Gasteiger charge is 2.37. The molecule has 0 N–H and O–H groups in total. The average Bonchev–Trinajstić information content (AvgIpc) is 3.28. The maximum Gasteiger partial charge on any atom is 0.167 e. The third-order valence-electron chi connectivity index (χ3n) is 6.13. The summed E-state index contributed by atoms with van der Waals surface area (Å²) in [6.45, 7) is 2.63. The maximum absolute atomic E-state index is 9.43. The molecular weight excluding hydrogens is 398 g/mol. The first-order valence-electron chi connectivity index (χ1n) is 10.3. The molecule has 2 fully saturated rings. The number of halogens is 1. The van der Waals surface area contributed by atoms with E-state index >= 15 is 0 Å². The minimum absolute atomic E-state index is 0.252. The molecular formula is C23H22ClN5O. The lowest BCUT2D eigenvalue weighted by molar-refractivity contribution is 0.0673. The fourth-order valence-electron chi connectivity index (χ4n) is 4.72. The van der Waals surface area contributed by atoms with Crippen LogP contribution in [0.1, 0.15) is 36.6 Å². The minimum Gasteiger partial charge on any atom is -0.356 e. The standard InChI is InChI=1S/C23H22ClN5O/c24-18-6-1-4-16(12-18)22-13-20(27-30-22)21-8-2-7-19-15-28(10-11-29(19)21)23-17(14-25)5-3-9-26-23/h1,3-6,9,12-13,19,21H,2,7-8,10-11,15H2/t19?,21-/m1/s1. The molecule has 6 nitrogen and oxygen atoms in total. The van der Waals surface area contributed by atoms with Crippen molar-refractivity contribution in [2.45, 2.75) is 31.3 Å². The van der Waals surface area contributed by atoms with E-state index in [2.05, 4.69) is 32.1 Å². The minimum atomic E-state index is 0.252. The van der Waals surface area contributed by atoms with E-state index in [0.717, 1.165) is 61.7 Å². The number of benzene rings is 1. The number of pyridine rings is 1. The second-order valence-electron chi connectivity index (χ2n) is 7.90. The predicted octanol–water partition coefficient (Wildman–Crippen LogP) is 4.68. The first kappa shape index (κ1) is 19.1. The quantitative estimate of drug-likeness (QED) is 0.614. The fraction of sp³-hybridized carbons (Fsp3) is 0.348. The second-order valence-corrected chi connectivity index (χ2v) is 8.33. The van der Waals surface area contributed by atoms with Crippen LogP contribution in [0.3, 0.4) is 0 Å². The van der Waals surface area contributed by atoms with Crippen LogP contribution < -0.4 is 4.90 Å². The highest BCUT2D eigenvalue weighted by molar-refractivity contribution is 6.30. The van der Waals surface area contributed by atoms with Crippen LogP contribution in [0.15, 0.2) is 53.2 Å². The van der Waals surface area contributed by atoms with Gasteiger partial charge in [-0.1, -0.05) is 28.9 Å². The summed E-state index contributed by atoms with van der Waals surface area (Å²) in [6, 6.07) is 16.3. The Morgan fingerprint density at radius 3 is 2.93 bits per heavy atom. The summed E-state index contributed by atoms with van der Waals surface area (Å²) in [5.74, 6) is 1.55. The molecule has 2 atom stereocenters. The van der Waals surface area contributed by atoms with Gasteiger partial charge in [0.15, 0.2) is 5.76 Å². The Balaban J connectivity index is 1.35. The number of hydrogen-bond donors (Lipinski definition) is 0. The van der Waals surface area contributed by atoms with Crippen molar-refractivity contribution in [2.24, 2.45) is 0 Å². The van der Waals surface area contributed by atoms with Crippen LogP contribution in [-0.4, -0.2) is 40.7 Å². The Labute approximate surface area is 180 Å². The summed E-state index contributed by atoms with van der Waals surface area (Å²) < 4.78 is 5.67. The third kappa shape index (κ3) is 3.55. The number of anilines is 1. The van der Waals surface area contributed by atoms with Gasteiger partial charge in [-0.2, -0.15) is 5.26 Å². The van der Waals surface area contributed by atoms with E-state index < -0.39 is 0 Å². The molecule has 2 aromatic heterocycles. The Bertz CT molecular complexity index is 1090. The lowest BCUT2D eigenvalue weighted by Gasteiger charge is -2.48. The normalized spacial score (nSPS) is 21.8. The van der Waals surface area contributed by atoms with Crippen molar-refractivity contribution in [3.63, 3.8) is 0 Å². The van der Waals surface area contributed by atoms with Crippen molar-refractivity contribution >= 4 is 17.4 Å². The van der Waals surface area contributed by atoms with E-state index in [-0.39, 0.29) is 6.04 Å². The Kier molecular flexibility index (Phi) is 5.16. The largest absolute Gasteiger partial charge is 0.356 e. The fourth-order valence-corrected chi connectivity index (χ4v) is 4.91. The number of piperidine rings is 1. The smallest absolute Gasteiger partial charge is 0.167 e. The van der Waals surface area contributed by atoms with Crippen LogP contribution in [0.25, 0.3) is 11.3 Å².